The van der Waals surface area contributed by atoms with E-state index in [0.29, 0.717) is 6.54 Å². The van der Waals surface area contributed by atoms with Crippen LogP contribution in [0.5, 0.6) is 5.06 Å². The summed E-state index contributed by atoms with van der Waals surface area (Å²) in [7, 11) is 0. The number of ether oxygens (including phenoxy) is 1. The maximum atomic E-state index is 5.46. The van der Waals surface area contributed by atoms with E-state index in [1.165, 1.54) is 5.56 Å². The van der Waals surface area contributed by atoms with Gasteiger partial charge in [-0.1, -0.05) is 0 Å². The van der Waals surface area contributed by atoms with Gasteiger partial charge in [-0.2, -0.15) is 0 Å². The molecule has 2 N–H and O–H groups in total. The van der Waals surface area contributed by atoms with E-state index in [-0.39, 0.29) is 0 Å². The lowest BCUT2D eigenvalue weighted by Crippen LogP contribution is -2.05. The van der Waals surface area contributed by atoms with Crippen molar-refractivity contribution in [3.63, 3.8) is 0 Å². The number of hydrogen-bond acceptors (Lipinski definition) is 3. The summed E-state index contributed by atoms with van der Waals surface area (Å²) < 4.78 is 5.46. The lowest BCUT2D eigenvalue weighted by Gasteiger charge is -2.02. The van der Waals surface area contributed by atoms with Crippen molar-refractivity contribution >= 4 is 11.3 Å². The Bertz CT molecular complexity index is 210. The molecule has 0 aliphatic carbocycles. The van der Waals surface area contributed by atoms with Crippen molar-refractivity contribution in [2.24, 2.45) is 5.73 Å². The van der Waals surface area contributed by atoms with E-state index in [0.717, 1.165) is 18.1 Å². The average Bonchev–Trinajstić information content (AvgIpc) is 2.37. The molecule has 0 unspecified atom stereocenters. The predicted octanol–water partition coefficient (Wildman–Crippen LogP) is 1.78. The van der Waals surface area contributed by atoms with Crippen LogP contribution in [0.1, 0.15) is 12.0 Å². The van der Waals surface area contributed by atoms with Crippen LogP contribution in [-0.2, 0) is 0 Å². The number of hydrogen-bond donors (Lipinski definition) is 1. The van der Waals surface area contributed by atoms with Crippen molar-refractivity contribution < 1.29 is 4.74 Å². The smallest absolute Gasteiger partial charge is 0.176 e. The third-order valence-electron chi connectivity index (χ3n) is 1.40. The molecule has 2 nitrogen and oxygen atoms in total. The standard InChI is InChI=1S/C8H13NOS/c1-7-3-6-11-8(7)10-5-2-4-9/h3,6H,2,4-5,9H2,1H3. The number of aryl methyl sites for hydroxylation is 1. The Morgan fingerprint density at radius 2 is 2.45 bits per heavy atom. The molecule has 11 heavy (non-hydrogen) atoms. The Labute approximate surface area is 71.0 Å². The summed E-state index contributed by atoms with van der Waals surface area (Å²) in [4.78, 5) is 0. The SMILES string of the molecule is Cc1ccsc1OCCCN. The van der Waals surface area contributed by atoms with Crippen molar-refractivity contribution in [3.8, 4) is 5.06 Å². The fourth-order valence-corrected chi connectivity index (χ4v) is 1.56. The summed E-state index contributed by atoms with van der Waals surface area (Å²) in [6.07, 6.45) is 0.928. The molecule has 0 atom stereocenters. The molecule has 0 fully saturated rings. The molecule has 0 radical (unpaired) electrons. The normalized spacial score (nSPS) is 10.0. The van der Waals surface area contributed by atoms with E-state index in [1.807, 2.05) is 12.3 Å². The predicted molar refractivity (Wildman–Crippen MR) is 48.2 cm³/mol. The Balaban J connectivity index is 2.32. The molecule has 0 aliphatic rings. The van der Waals surface area contributed by atoms with Crippen LogP contribution in [0.4, 0.5) is 0 Å². The molecule has 0 spiro atoms. The third-order valence-corrected chi connectivity index (χ3v) is 2.32. The van der Waals surface area contributed by atoms with E-state index >= 15 is 0 Å². The second-order valence-corrected chi connectivity index (χ2v) is 3.26. The van der Waals surface area contributed by atoms with Crippen LogP contribution in [0.15, 0.2) is 11.4 Å². The van der Waals surface area contributed by atoms with Gasteiger partial charge in [-0.3, -0.25) is 0 Å². The number of thiophene rings is 1. The van der Waals surface area contributed by atoms with Crippen LogP contribution < -0.4 is 10.5 Å². The van der Waals surface area contributed by atoms with Gasteiger partial charge >= 0.3 is 0 Å². The van der Waals surface area contributed by atoms with Gasteiger partial charge < -0.3 is 10.5 Å². The molecule has 62 valence electrons. The minimum absolute atomic E-state index is 0.699. The first-order chi connectivity index (χ1) is 5.34. The molecule has 1 aromatic rings. The minimum Gasteiger partial charge on any atom is -0.484 e. The van der Waals surface area contributed by atoms with Crippen LogP contribution in [0.25, 0.3) is 0 Å². The number of rotatable bonds is 4. The first kappa shape index (κ1) is 8.56. The fourth-order valence-electron chi connectivity index (χ4n) is 0.755. The Morgan fingerprint density at radius 3 is 3.00 bits per heavy atom. The lowest BCUT2D eigenvalue weighted by molar-refractivity contribution is 0.320. The summed E-state index contributed by atoms with van der Waals surface area (Å²) in [5.74, 6) is 0. The van der Waals surface area contributed by atoms with Gasteiger partial charge in [0.1, 0.15) is 0 Å². The van der Waals surface area contributed by atoms with Crippen LogP contribution >= 0.6 is 11.3 Å². The molecular formula is C8H13NOS. The third kappa shape index (κ3) is 2.52. The maximum Gasteiger partial charge on any atom is 0.176 e. The molecule has 0 aliphatic heterocycles. The largest absolute Gasteiger partial charge is 0.484 e. The molecule has 0 saturated heterocycles. The van der Waals surface area contributed by atoms with Crippen molar-refractivity contribution in [1.29, 1.82) is 0 Å². The zero-order chi connectivity index (χ0) is 8.10. The van der Waals surface area contributed by atoms with Crippen molar-refractivity contribution in [2.75, 3.05) is 13.2 Å². The minimum atomic E-state index is 0.699. The highest BCUT2D eigenvalue weighted by Gasteiger charge is 1.98. The Hall–Kier alpha value is -0.540. The summed E-state index contributed by atoms with van der Waals surface area (Å²) in [6, 6.07) is 2.06. The Kier molecular flexibility index (Phi) is 3.39. The van der Waals surface area contributed by atoms with Gasteiger partial charge in [0.15, 0.2) is 5.06 Å². The topological polar surface area (TPSA) is 35.2 Å². The van der Waals surface area contributed by atoms with Crippen LogP contribution in [-0.4, -0.2) is 13.2 Å². The van der Waals surface area contributed by atoms with Gasteiger partial charge in [0.05, 0.1) is 6.61 Å². The van der Waals surface area contributed by atoms with E-state index in [9.17, 15) is 0 Å². The lowest BCUT2D eigenvalue weighted by atomic mass is 10.4. The molecule has 1 heterocycles. The van der Waals surface area contributed by atoms with Gasteiger partial charge in [-0.05, 0) is 31.3 Å². The van der Waals surface area contributed by atoms with E-state index < -0.39 is 0 Å². The summed E-state index contributed by atoms with van der Waals surface area (Å²) in [5, 5.41) is 3.06. The molecule has 0 bridgehead atoms. The van der Waals surface area contributed by atoms with E-state index in [1.54, 1.807) is 11.3 Å². The summed E-state index contributed by atoms with van der Waals surface area (Å²) >= 11 is 1.64. The highest BCUT2D eigenvalue weighted by Crippen LogP contribution is 2.24. The highest BCUT2D eigenvalue weighted by atomic mass is 32.1. The van der Waals surface area contributed by atoms with Crippen LogP contribution in [0.3, 0.4) is 0 Å². The first-order valence-corrected chi connectivity index (χ1v) is 4.59. The Morgan fingerprint density at radius 1 is 1.64 bits per heavy atom. The molecule has 0 saturated carbocycles. The fraction of sp³-hybridized carbons (Fsp3) is 0.500. The highest BCUT2D eigenvalue weighted by molar-refractivity contribution is 7.12. The second kappa shape index (κ2) is 4.36. The molecular weight excluding hydrogens is 158 g/mol. The van der Waals surface area contributed by atoms with Crippen molar-refractivity contribution in [2.45, 2.75) is 13.3 Å². The number of nitrogens with two attached hydrogens (primary N) is 1. The zero-order valence-electron chi connectivity index (χ0n) is 6.67. The molecule has 1 aromatic heterocycles. The summed E-state index contributed by atoms with van der Waals surface area (Å²) in [5.41, 5.74) is 6.54. The monoisotopic (exact) mass is 171 g/mol. The van der Waals surface area contributed by atoms with Crippen LogP contribution in [0, 0.1) is 6.92 Å². The van der Waals surface area contributed by atoms with E-state index in [4.69, 9.17) is 10.5 Å². The molecule has 3 heteroatoms. The molecule has 0 amide bonds. The van der Waals surface area contributed by atoms with Gasteiger partial charge in [0, 0.05) is 5.56 Å². The quantitative estimate of drug-likeness (QED) is 0.701. The molecule has 0 aromatic carbocycles. The first-order valence-electron chi connectivity index (χ1n) is 3.71. The van der Waals surface area contributed by atoms with Gasteiger partial charge in [-0.25, -0.2) is 0 Å². The van der Waals surface area contributed by atoms with Crippen molar-refractivity contribution in [3.05, 3.63) is 17.0 Å². The van der Waals surface area contributed by atoms with Crippen LogP contribution in [0.2, 0.25) is 0 Å². The van der Waals surface area contributed by atoms with E-state index in [2.05, 4.69) is 6.07 Å². The van der Waals surface area contributed by atoms with Crippen molar-refractivity contribution in [1.82, 2.24) is 0 Å². The molecule has 1 rings (SSSR count). The maximum absolute atomic E-state index is 5.46. The zero-order valence-corrected chi connectivity index (χ0v) is 7.49. The van der Waals surface area contributed by atoms with Gasteiger partial charge in [0.2, 0.25) is 0 Å². The average molecular weight is 171 g/mol. The second-order valence-electron chi connectivity index (χ2n) is 2.38. The summed E-state index contributed by atoms with van der Waals surface area (Å²) in [6.45, 7) is 3.48. The van der Waals surface area contributed by atoms with Gasteiger partial charge in [-0.15, -0.1) is 11.3 Å². The van der Waals surface area contributed by atoms with Gasteiger partial charge in [0.25, 0.3) is 0 Å².